The van der Waals surface area contributed by atoms with Crippen LogP contribution in [-0.2, 0) is 25.5 Å². The van der Waals surface area contributed by atoms with Gasteiger partial charge in [0, 0.05) is 81.4 Å². The average molecular weight is 806 g/mol. The minimum atomic E-state index is -1.00. The third-order valence-electron chi connectivity index (χ3n) is 11.8. The van der Waals surface area contributed by atoms with Crippen molar-refractivity contribution >= 4 is 52.2 Å². The summed E-state index contributed by atoms with van der Waals surface area (Å²) in [6, 6.07) is 10.0. The molecule has 3 fully saturated rings. The number of anilines is 3. The molecule has 0 spiro atoms. The largest absolute Gasteiger partial charge is 0.486 e. The lowest BCUT2D eigenvalue weighted by Crippen LogP contribution is -2.54. The van der Waals surface area contributed by atoms with Crippen LogP contribution >= 0.6 is 0 Å². The topological polar surface area (TPSA) is 189 Å². The first-order chi connectivity index (χ1) is 28.5. The van der Waals surface area contributed by atoms with Gasteiger partial charge in [-0.25, -0.2) is 9.50 Å². The molecule has 17 heteroatoms. The molecule has 5 amide bonds. The lowest BCUT2D eigenvalue weighted by Gasteiger charge is -2.37. The predicted molar refractivity (Wildman–Crippen MR) is 215 cm³/mol. The number of nitrogens with zero attached hydrogens (tertiary/aromatic N) is 6. The number of carbonyl (C=O) groups excluding carboxylic acids is 5. The van der Waals surface area contributed by atoms with E-state index in [1.54, 1.807) is 41.2 Å². The van der Waals surface area contributed by atoms with Crippen molar-refractivity contribution in [3.05, 3.63) is 77.2 Å². The van der Waals surface area contributed by atoms with Gasteiger partial charge in [-0.2, -0.15) is 5.10 Å². The highest BCUT2D eigenvalue weighted by Gasteiger charge is 2.46. The smallest absolute Gasteiger partial charge is 0.264 e. The van der Waals surface area contributed by atoms with Crippen molar-refractivity contribution in [2.45, 2.75) is 69.2 Å². The average Bonchev–Trinajstić information content (AvgIpc) is 3.86. The highest BCUT2D eigenvalue weighted by Crippen LogP contribution is 2.43. The number of likely N-dealkylation sites (N-methyl/N-ethyl adjacent to an activating group) is 1. The number of imide groups is 2. The van der Waals surface area contributed by atoms with Gasteiger partial charge in [-0.05, 0) is 63.9 Å². The molecule has 4 aliphatic heterocycles. The molecule has 2 saturated heterocycles. The minimum absolute atomic E-state index is 0.0726. The van der Waals surface area contributed by atoms with E-state index in [0.29, 0.717) is 68.5 Å². The first-order valence-corrected chi connectivity index (χ1v) is 20.2. The molecular weight excluding hydrogens is 759 g/mol. The summed E-state index contributed by atoms with van der Waals surface area (Å²) < 4.78 is 20.1. The van der Waals surface area contributed by atoms with Gasteiger partial charge < -0.3 is 34.6 Å². The summed E-state index contributed by atoms with van der Waals surface area (Å²) in [5, 5.41) is 13.1. The molecule has 1 saturated carbocycles. The Morgan fingerprint density at radius 2 is 1.92 bits per heavy atom. The molecule has 4 aromatic rings. The molecule has 1 aliphatic carbocycles. The van der Waals surface area contributed by atoms with Crippen LogP contribution in [0.5, 0.6) is 5.75 Å². The Morgan fingerprint density at radius 1 is 1.08 bits per heavy atom. The number of morpholine rings is 1. The van der Waals surface area contributed by atoms with Gasteiger partial charge in [0.05, 0.1) is 48.0 Å². The number of ether oxygens (including phenoxy) is 3. The number of carbonyl (C=O) groups is 5. The predicted octanol–water partition coefficient (Wildman–Crippen LogP) is 2.89. The van der Waals surface area contributed by atoms with E-state index in [4.69, 9.17) is 14.2 Å². The van der Waals surface area contributed by atoms with Crippen LogP contribution in [0.2, 0.25) is 0 Å². The molecule has 0 radical (unpaired) electrons. The summed E-state index contributed by atoms with van der Waals surface area (Å²) in [6.45, 7) is 6.83. The third kappa shape index (κ3) is 7.61. The van der Waals surface area contributed by atoms with Gasteiger partial charge in [0.25, 0.3) is 17.7 Å². The Balaban J connectivity index is 0.755. The first-order valence-electron chi connectivity index (χ1n) is 20.2. The number of piperidine rings is 1. The number of benzene rings is 2. The fourth-order valence-electron chi connectivity index (χ4n) is 8.89. The molecule has 17 nitrogen and oxygen atoms in total. The van der Waals surface area contributed by atoms with Gasteiger partial charge >= 0.3 is 0 Å². The Labute approximate surface area is 340 Å². The molecule has 1 unspecified atom stereocenters. The van der Waals surface area contributed by atoms with Crippen LogP contribution in [0.4, 0.5) is 17.1 Å². The van der Waals surface area contributed by atoms with E-state index in [1.807, 2.05) is 12.1 Å². The zero-order valence-electron chi connectivity index (χ0n) is 33.1. The summed E-state index contributed by atoms with van der Waals surface area (Å²) in [6.07, 6.45) is 8.24. The maximum Gasteiger partial charge on any atom is 0.264 e. The summed E-state index contributed by atoms with van der Waals surface area (Å²) in [5.74, 6) is -1.54. The summed E-state index contributed by atoms with van der Waals surface area (Å²) in [4.78, 5) is 74.2. The van der Waals surface area contributed by atoms with Crippen LogP contribution in [0, 0.1) is 0 Å². The van der Waals surface area contributed by atoms with Crippen LogP contribution in [0.25, 0.3) is 5.65 Å². The van der Waals surface area contributed by atoms with Crippen LogP contribution in [0.1, 0.15) is 75.7 Å². The fourth-order valence-corrected chi connectivity index (χ4v) is 8.89. The molecule has 2 atom stereocenters. The van der Waals surface area contributed by atoms with Gasteiger partial charge in [-0.3, -0.25) is 34.2 Å². The second-order valence-electron chi connectivity index (χ2n) is 16.3. The second-order valence-corrected chi connectivity index (χ2v) is 16.3. The maximum atomic E-state index is 13.6. The van der Waals surface area contributed by atoms with Crippen molar-refractivity contribution in [1.82, 2.24) is 29.7 Å². The van der Waals surface area contributed by atoms with E-state index in [-0.39, 0.29) is 42.0 Å². The number of hydrogen-bond donors (Lipinski definition) is 3. The molecule has 2 aromatic heterocycles. The van der Waals surface area contributed by atoms with E-state index in [0.717, 1.165) is 47.7 Å². The van der Waals surface area contributed by atoms with Gasteiger partial charge in [0.2, 0.25) is 11.8 Å². The van der Waals surface area contributed by atoms with Crippen molar-refractivity contribution in [3.63, 3.8) is 0 Å². The number of rotatable bonds is 13. The lowest BCUT2D eigenvalue weighted by molar-refractivity contribution is -0.136. The van der Waals surface area contributed by atoms with Gasteiger partial charge in [0.15, 0.2) is 5.65 Å². The van der Waals surface area contributed by atoms with Crippen LogP contribution in [-0.4, -0.2) is 131 Å². The Kier molecular flexibility index (Phi) is 10.3. The normalized spacial score (nSPS) is 23.9. The fraction of sp³-hybridized carbons (Fsp3) is 0.452. The SMILES string of the molecule is CN(CCCO[C@H]1C[C@H](Nc2cccc3c2C(=O)N(C2CCC(=O)NC2=O)C3=O)C1)C[C@@]1(C)Cc2cc(NC(=O)c3cnn4cccnc34)c(N3CCOCC3)cc2O1. The van der Waals surface area contributed by atoms with Gasteiger partial charge in [-0.15, -0.1) is 0 Å². The molecular formula is C42H47N9O8. The molecule has 6 heterocycles. The second kappa shape index (κ2) is 15.7. The Morgan fingerprint density at radius 3 is 2.73 bits per heavy atom. The number of amides is 5. The summed E-state index contributed by atoms with van der Waals surface area (Å²) in [7, 11) is 2.08. The van der Waals surface area contributed by atoms with Crippen molar-refractivity contribution in [3.8, 4) is 5.75 Å². The Bertz CT molecular complexity index is 2340. The third-order valence-corrected chi connectivity index (χ3v) is 11.8. The Hall–Kier alpha value is -5.91. The van der Waals surface area contributed by atoms with Crippen LogP contribution in [0.3, 0.4) is 0 Å². The highest BCUT2D eigenvalue weighted by atomic mass is 16.5. The maximum absolute atomic E-state index is 13.6. The number of nitrogens with one attached hydrogen (secondary N) is 3. The van der Waals surface area contributed by atoms with E-state index in [9.17, 15) is 24.0 Å². The molecule has 3 N–H and O–H groups in total. The number of hydrogen-bond acceptors (Lipinski definition) is 13. The van der Waals surface area contributed by atoms with Crippen LogP contribution in [0.15, 0.2) is 55.0 Å². The van der Waals surface area contributed by atoms with E-state index in [2.05, 4.69) is 49.8 Å². The minimum Gasteiger partial charge on any atom is -0.486 e. The van der Waals surface area contributed by atoms with Crippen molar-refractivity contribution < 1.29 is 38.2 Å². The van der Waals surface area contributed by atoms with E-state index < -0.39 is 35.3 Å². The molecule has 5 aliphatic rings. The standard InChI is InChI=1S/C42H47N9O8/c1-42(22-25-18-31(33(21-34(25)59-42)49-13-16-57-17-14-49)46-38(53)29-23-44-50-12-4-10-43-37(29)50)24-48(2)11-5-15-58-27-19-26(20-27)45-30-7-3-6-28-36(30)41(56)51(40(28)55)32-8-9-35(52)47-39(32)54/h3-4,6-7,10,12,18,21,23,26-27,32,45H,5,8-9,11,13-17,19-20,22,24H2,1-2H3,(H,46,53)(H,47,52,54)/t26-,27-,32?,42-/m1/s1. The molecule has 0 bridgehead atoms. The van der Waals surface area contributed by atoms with Gasteiger partial charge in [0.1, 0.15) is 23.0 Å². The quantitative estimate of drug-likeness (QED) is 0.132. The van der Waals surface area contributed by atoms with E-state index in [1.165, 1.54) is 6.20 Å². The van der Waals surface area contributed by atoms with Crippen molar-refractivity contribution in [2.24, 2.45) is 0 Å². The lowest BCUT2D eigenvalue weighted by atomic mass is 9.88. The first kappa shape index (κ1) is 38.6. The summed E-state index contributed by atoms with van der Waals surface area (Å²) >= 11 is 0. The van der Waals surface area contributed by atoms with Crippen molar-refractivity contribution in [1.29, 1.82) is 0 Å². The van der Waals surface area contributed by atoms with Crippen molar-refractivity contribution in [2.75, 3.05) is 68.6 Å². The monoisotopic (exact) mass is 805 g/mol. The van der Waals surface area contributed by atoms with Gasteiger partial charge in [-0.1, -0.05) is 6.07 Å². The molecule has 308 valence electrons. The number of aromatic nitrogens is 3. The zero-order chi connectivity index (χ0) is 40.8. The molecule has 9 rings (SSSR count). The molecule has 59 heavy (non-hydrogen) atoms. The highest BCUT2D eigenvalue weighted by molar-refractivity contribution is 6.25. The van der Waals surface area contributed by atoms with Crippen LogP contribution < -0.4 is 25.6 Å². The number of fused-ring (bicyclic) bond motifs is 3. The summed E-state index contributed by atoms with van der Waals surface area (Å²) in [5.41, 5.74) is 4.13. The zero-order valence-corrected chi connectivity index (χ0v) is 33.1. The van der Waals surface area contributed by atoms with E-state index >= 15 is 0 Å². The molecule has 2 aromatic carbocycles.